The Morgan fingerprint density at radius 1 is 1.47 bits per heavy atom. The quantitative estimate of drug-likeness (QED) is 0.768. The van der Waals surface area contributed by atoms with Crippen LogP contribution >= 0.6 is 0 Å². The van der Waals surface area contributed by atoms with Crippen molar-refractivity contribution in [2.45, 2.75) is 23.0 Å². The largest absolute Gasteiger partial charge is 0.396 e. The highest BCUT2D eigenvalue weighted by atomic mass is 32.2. The Morgan fingerprint density at radius 2 is 2.20 bits per heavy atom. The maximum atomic E-state index is 12.9. The molecular formula is C10H11FO3S. The van der Waals surface area contributed by atoms with Gasteiger partial charge in [-0.3, -0.25) is 0 Å². The Kier molecular flexibility index (Phi) is 2.52. The van der Waals surface area contributed by atoms with Crippen LogP contribution in [0.15, 0.2) is 23.1 Å². The van der Waals surface area contributed by atoms with Crippen molar-refractivity contribution in [2.75, 3.05) is 6.61 Å². The second-order valence-corrected chi connectivity index (χ2v) is 5.83. The van der Waals surface area contributed by atoms with E-state index in [1.54, 1.807) is 0 Å². The zero-order chi connectivity index (χ0) is 11.1. The van der Waals surface area contributed by atoms with E-state index in [-0.39, 0.29) is 17.9 Å². The summed E-state index contributed by atoms with van der Waals surface area (Å²) in [6, 6.07) is 3.71. The molecular weight excluding hydrogens is 219 g/mol. The average Bonchev–Trinajstić information content (AvgIpc) is 2.39. The summed E-state index contributed by atoms with van der Waals surface area (Å²) >= 11 is 0. The van der Waals surface area contributed by atoms with Gasteiger partial charge in [0.15, 0.2) is 9.84 Å². The van der Waals surface area contributed by atoms with Crippen molar-refractivity contribution in [1.29, 1.82) is 0 Å². The van der Waals surface area contributed by atoms with E-state index in [1.165, 1.54) is 12.1 Å². The van der Waals surface area contributed by atoms with Gasteiger partial charge in [0.2, 0.25) is 0 Å². The number of sulfone groups is 1. The summed E-state index contributed by atoms with van der Waals surface area (Å²) in [4.78, 5) is 0.211. The summed E-state index contributed by atoms with van der Waals surface area (Å²) in [6.07, 6.45) is 0.509. The van der Waals surface area contributed by atoms with Crippen LogP contribution in [0.1, 0.15) is 12.0 Å². The maximum absolute atomic E-state index is 12.9. The number of benzene rings is 1. The van der Waals surface area contributed by atoms with E-state index >= 15 is 0 Å². The number of aliphatic hydroxyl groups is 1. The summed E-state index contributed by atoms with van der Waals surface area (Å²) in [5, 5.41) is 8.16. The van der Waals surface area contributed by atoms with E-state index in [0.717, 1.165) is 6.07 Å². The Balaban J connectivity index is 2.48. The van der Waals surface area contributed by atoms with Crippen LogP contribution in [0, 0.1) is 5.82 Å². The van der Waals surface area contributed by atoms with Gasteiger partial charge < -0.3 is 5.11 Å². The summed E-state index contributed by atoms with van der Waals surface area (Å²) in [6.45, 7) is -0.166. The Labute approximate surface area is 87.5 Å². The minimum atomic E-state index is -3.35. The molecule has 1 aromatic rings. The number of hydrogen-bond acceptors (Lipinski definition) is 3. The maximum Gasteiger partial charge on any atom is 0.181 e. The molecule has 1 atom stereocenters. The monoisotopic (exact) mass is 230 g/mol. The van der Waals surface area contributed by atoms with Crippen LogP contribution in [0.25, 0.3) is 0 Å². The standard InChI is InChI=1S/C10H11FO3S/c11-8-1-2-10-7(5-8)6-9(3-4-12)15(10,13)14/h1-2,5,9,12H,3-4,6H2. The summed E-state index contributed by atoms with van der Waals surface area (Å²) < 4.78 is 36.6. The van der Waals surface area contributed by atoms with E-state index in [2.05, 4.69) is 0 Å². The highest BCUT2D eigenvalue weighted by Gasteiger charge is 2.36. The molecule has 2 rings (SSSR count). The molecule has 1 aliphatic heterocycles. The van der Waals surface area contributed by atoms with Crippen LogP contribution in [0.2, 0.25) is 0 Å². The normalized spacial score (nSPS) is 22.7. The molecule has 5 heteroatoms. The van der Waals surface area contributed by atoms with Gasteiger partial charge in [-0.15, -0.1) is 0 Å². The van der Waals surface area contributed by atoms with Crippen molar-refractivity contribution in [3.63, 3.8) is 0 Å². The first kappa shape index (κ1) is 10.6. The number of rotatable bonds is 2. The van der Waals surface area contributed by atoms with Gasteiger partial charge in [-0.2, -0.15) is 0 Å². The van der Waals surface area contributed by atoms with Gasteiger partial charge in [0.05, 0.1) is 10.1 Å². The van der Waals surface area contributed by atoms with Gasteiger partial charge in [0.1, 0.15) is 5.82 Å². The van der Waals surface area contributed by atoms with Crippen LogP contribution in [0.3, 0.4) is 0 Å². The third-order valence-corrected chi connectivity index (χ3v) is 4.96. The molecule has 0 saturated heterocycles. The van der Waals surface area contributed by atoms with E-state index in [4.69, 9.17) is 5.11 Å². The molecule has 3 nitrogen and oxygen atoms in total. The third-order valence-electron chi connectivity index (χ3n) is 2.67. The van der Waals surface area contributed by atoms with Crippen LogP contribution < -0.4 is 0 Å². The topological polar surface area (TPSA) is 54.4 Å². The minimum absolute atomic E-state index is 0.166. The van der Waals surface area contributed by atoms with Gasteiger partial charge in [0.25, 0.3) is 0 Å². The zero-order valence-corrected chi connectivity index (χ0v) is 8.80. The lowest BCUT2D eigenvalue weighted by atomic mass is 10.1. The number of hydrogen-bond donors (Lipinski definition) is 1. The first-order chi connectivity index (χ1) is 7.05. The zero-order valence-electron chi connectivity index (χ0n) is 7.98. The molecule has 82 valence electrons. The van der Waals surface area contributed by atoms with Crippen molar-refractivity contribution in [1.82, 2.24) is 0 Å². The third kappa shape index (κ3) is 1.66. The molecule has 0 radical (unpaired) electrons. The van der Waals surface area contributed by atoms with E-state index in [9.17, 15) is 12.8 Å². The fourth-order valence-electron chi connectivity index (χ4n) is 1.92. The molecule has 0 spiro atoms. The predicted octanol–water partition coefficient (Wildman–Crippen LogP) is 0.907. The first-order valence-corrected chi connectivity index (χ1v) is 6.23. The molecule has 0 aliphatic carbocycles. The molecule has 0 bridgehead atoms. The molecule has 1 heterocycles. The SMILES string of the molecule is O=S1(=O)c2ccc(F)cc2CC1CCO. The van der Waals surface area contributed by atoms with Crippen molar-refractivity contribution in [3.05, 3.63) is 29.6 Å². The molecule has 1 aliphatic rings. The van der Waals surface area contributed by atoms with Gasteiger partial charge in [0, 0.05) is 6.61 Å². The van der Waals surface area contributed by atoms with Crippen LogP contribution in [0.4, 0.5) is 4.39 Å². The van der Waals surface area contributed by atoms with Gasteiger partial charge in [-0.25, -0.2) is 12.8 Å². The van der Waals surface area contributed by atoms with Gasteiger partial charge in [-0.1, -0.05) is 0 Å². The molecule has 1 aromatic carbocycles. The fraction of sp³-hybridized carbons (Fsp3) is 0.400. The van der Waals surface area contributed by atoms with E-state index in [1.807, 2.05) is 0 Å². The van der Waals surface area contributed by atoms with Crippen molar-refractivity contribution >= 4 is 9.84 Å². The second-order valence-electron chi connectivity index (χ2n) is 3.64. The summed E-state index contributed by atoms with van der Waals surface area (Å²) in [5.41, 5.74) is 0.522. The number of fused-ring (bicyclic) bond motifs is 1. The lowest BCUT2D eigenvalue weighted by Crippen LogP contribution is -2.18. The molecule has 0 aromatic heterocycles. The summed E-state index contributed by atoms with van der Waals surface area (Å²) in [5.74, 6) is -0.423. The summed E-state index contributed by atoms with van der Waals surface area (Å²) in [7, 11) is -3.35. The van der Waals surface area contributed by atoms with Crippen molar-refractivity contribution < 1.29 is 17.9 Å². The molecule has 0 fully saturated rings. The first-order valence-electron chi connectivity index (χ1n) is 4.69. The van der Waals surface area contributed by atoms with Crippen LogP contribution in [-0.2, 0) is 16.3 Å². The second kappa shape index (κ2) is 3.57. The van der Waals surface area contributed by atoms with Crippen molar-refractivity contribution in [2.24, 2.45) is 0 Å². The lowest BCUT2D eigenvalue weighted by molar-refractivity contribution is 0.285. The lowest BCUT2D eigenvalue weighted by Gasteiger charge is -2.05. The fourth-order valence-corrected chi connectivity index (χ4v) is 3.86. The molecule has 1 N–H and O–H groups in total. The van der Waals surface area contributed by atoms with E-state index < -0.39 is 20.9 Å². The molecule has 0 amide bonds. The van der Waals surface area contributed by atoms with Crippen LogP contribution in [0.5, 0.6) is 0 Å². The Hall–Kier alpha value is -0.940. The van der Waals surface area contributed by atoms with Gasteiger partial charge >= 0.3 is 0 Å². The smallest absolute Gasteiger partial charge is 0.181 e. The molecule has 15 heavy (non-hydrogen) atoms. The number of halogens is 1. The highest BCUT2D eigenvalue weighted by molar-refractivity contribution is 7.92. The predicted molar refractivity (Wildman–Crippen MR) is 52.8 cm³/mol. The van der Waals surface area contributed by atoms with Gasteiger partial charge in [-0.05, 0) is 36.6 Å². The molecule has 0 saturated carbocycles. The van der Waals surface area contributed by atoms with E-state index in [0.29, 0.717) is 12.0 Å². The van der Waals surface area contributed by atoms with Crippen molar-refractivity contribution in [3.8, 4) is 0 Å². The molecule has 1 unspecified atom stereocenters. The Morgan fingerprint density at radius 3 is 2.87 bits per heavy atom. The number of aliphatic hydroxyl groups excluding tert-OH is 1. The highest BCUT2D eigenvalue weighted by Crippen LogP contribution is 2.32. The van der Waals surface area contributed by atoms with Crippen LogP contribution in [-0.4, -0.2) is 25.4 Å². The average molecular weight is 230 g/mol. The Bertz CT molecular complexity index is 481. The minimum Gasteiger partial charge on any atom is -0.396 e.